The molecular formula is C109H139B3Br3ClN22O11. The number of anilines is 7. The fourth-order valence-electron chi connectivity index (χ4n) is 18.7. The van der Waals surface area contributed by atoms with Crippen molar-refractivity contribution in [2.45, 2.75) is 142 Å². The minimum Gasteiger partial charge on any atom is -0.480 e. The van der Waals surface area contributed by atoms with Crippen LogP contribution in [0.4, 0.5) is 40.1 Å². The number of benzene rings is 7. The van der Waals surface area contributed by atoms with Crippen LogP contribution in [0.25, 0.3) is 44.1 Å². The van der Waals surface area contributed by atoms with Crippen LogP contribution in [-0.4, -0.2) is 347 Å². The Morgan fingerprint density at radius 3 is 1.50 bits per heavy atom. The fraction of sp³-hybridized carbons (Fsp3) is 0.450. The highest BCUT2D eigenvalue weighted by Crippen LogP contribution is 2.45. The molecule has 40 heteroatoms. The number of aliphatic carboxylic acids is 1. The zero-order chi connectivity index (χ0) is 106. The first-order chi connectivity index (χ1) is 71.0. The second kappa shape index (κ2) is 48.8. The van der Waals surface area contributed by atoms with Crippen LogP contribution in [0, 0.1) is 0 Å². The Morgan fingerprint density at radius 1 is 0.450 bits per heavy atom. The SMILES string of the molecule is Brc1ccc2c(c1)NCC2.Brc1ccc2cc[nH]c2c1.CC1(C)OB(B2OC(C)(C)C(C)(C)O2)OC1(C)C.CN1CCN(CC(=O)N2CCc3ccc(-c4nccc(Nc5ccc6[nH]ncc6c5)n4)cc32)CC1.CN1CCN(CC(=O)N2CCc3ccc(B4OC(C)(C)C(C)(C)O4)cc32)CC1.CN1CCN(CC(=O)O)CC1.CN1CCN(CC(=O)n2ccc3ccc(Br)cc32)CC1.Clc1nccc(Nc2ccc3c(c2)C=NC3)n1. The Labute approximate surface area is 905 Å². The second-order valence-corrected chi connectivity index (χ2v) is 45.7. The van der Waals surface area contributed by atoms with Crippen LogP contribution in [-0.2, 0) is 68.1 Å². The molecule has 11 aliphatic rings. The van der Waals surface area contributed by atoms with E-state index in [1.54, 1.807) is 29.2 Å². The number of carboxylic acids is 1. The molecule has 149 heavy (non-hydrogen) atoms. The van der Waals surface area contributed by atoms with Gasteiger partial charge in [-0.15, -0.1) is 0 Å². The van der Waals surface area contributed by atoms with Crippen molar-refractivity contribution < 1.29 is 52.2 Å². The summed E-state index contributed by atoms with van der Waals surface area (Å²) in [7, 11) is 7.08. The van der Waals surface area contributed by atoms with Crippen molar-refractivity contribution in [1.29, 1.82) is 0 Å². The number of amides is 2. The monoisotopic (exact) mass is 2240 g/mol. The van der Waals surface area contributed by atoms with E-state index >= 15 is 0 Å². The molecule has 0 spiro atoms. The molecule has 7 aromatic carbocycles. The van der Waals surface area contributed by atoms with E-state index in [4.69, 9.17) is 49.6 Å². The van der Waals surface area contributed by atoms with E-state index < -0.39 is 27.1 Å². The number of aromatic nitrogens is 8. The quantitative estimate of drug-likeness (QED) is 0.0410. The molecule has 0 atom stereocenters. The van der Waals surface area contributed by atoms with Gasteiger partial charge in [-0.2, -0.15) is 5.10 Å². The normalized spacial score (nSPS) is 19.5. The third-order valence-electron chi connectivity index (χ3n) is 30.1. The molecule has 0 bridgehead atoms. The zero-order valence-corrected chi connectivity index (χ0v) is 93.9. The number of hydrogen-bond acceptors (Lipinski definition) is 27. The highest BCUT2D eigenvalue weighted by Gasteiger charge is 2.64. The molecule has 23 rings (SSSR count). The molecule has 11 aliphatic heterocycles. The largest absolute Gasteiger partial charge is 0.494 e. The summed E-state index contributed by atoms with van der Waals surface area (Å²) in [6, 6.07) is 50.9. The molecule has 788 valence electrons. The van der Waals surface area contributed by atoms with Gasteiger partial charge in [0.15, 0.2) is 5.82 Å². The Hall–Kier alpha value is -10.2. The Bertz CT molecular complexity index is 6620. The van der Waals surface area contributed by atoms with Crippen LogP contribution >= 0.6 is 59.4 Å². The topological polar surface area (TPSA) is 326 Å². The van der Waals surface area contributed by atoms with Gasteiger partial charge in [-0.25, -0.2) is 19.9 Å². The minimum atomic E-state index is -0.727. The summed E-state index contributed by atoms with van der Waals surface area (Å²) in [5, 5.41) is 29.0. The summed E-state index contributed by atoms with van der Waals surface area (Å²) in [4.78, 5) is 95.1. The number of hydrogen-bond donors (Lipinski definition) is 6. The lowest BCUT2D eigenvalue weighted by Crippen LogP contribution is -2.48. The first kappa shape index (κ1) is 111. The number of aliphatic imine (C=N–C) groups is 1. The van der Waals surface area contributed by atoms with E-state index in [2.05, 4.69) is 262 Å². The average molecular weight is 2240 g/mol. The molecule has 0 aliphatic carbocycles. The molecule has 7 saturated heterocycles. The average Bonchev–Trinajstić information content (AvgIpc) is 1.61. The highest BCUT2D eigenvalue weighted by atomic mass is 79.9. The van der Waals surface area contributed by atoms with E-state index in [9.17, 15) is 19.2 Å². The van der Waals surface area contributed by atoms with Crippen molar-refractivity contribution in [1.82, 2.24) is 78.9 Å². The Balaban J connectivity index is 0.000000126. The molecule has 12 aromatic rings. The molecule has 5 aromatic heterocycles. The summed E-state index contributed by atoms with van der Waals surface area (Å²) in [6.45, 7) is 45.0. The van der Waals surface area contributed by atoms with Gasteiger partial charge < -0.3 is 83.4 Å². The summed E-state index contributed by atoms with van der Waals surface area (Å²) in [6.07, 6.45) is 13.8. The molecule has 0 saturated carbocycles. The summed E-state index contributed by atoms with van der Waals surface area (Å²) in [5.41, 5.74) is 14.3. The lowest BCUT2D eigenvalue weighted by molar-refractivity contribution is -0.138. The molecule has 0 radical (unpaired) electrons. The number of halogens is 4. The van der Waals surface area contributed by atoms with Gasteiger partial charge in [-0.05, 0) is 284 Å². The number of aromatic amines is 2. The maximum absolute atomic E-state index is 13.2. The fourth-order valence-corrected chi connectivity index (χ4v) is 19.9. The summed E-state index contributed by atoms with van der Waals surface area (Å²) >= 11 is 16.0. The van der Waals surface area contributed by atoms with Gasteiger partial charge in [0, 0.05) is 219 Å². The van der Waals surface area contributed by atoms with Crippen LogP contribution in [0.1, 0.15) is 116 Å². The first-order valence-corrected chi connectivity index (χ1v) is 54.0. The van der Waals surface area contributed by atoms with Gasteiger partial charge >= 0.3 is 27.1 Å². The number of fused-ring (bicyclic) bond motifs is 7. The number of likely N-dealkylation sites (N-methyl/N-ethyl adjacent to an activating group) is 4. The van der Waals surface area contributed by atoms with Gasteiger partial charge in [-0.1, -0.05) is 96.3 Å². The predicted molar refractivity (Wildman–Crippen MR) is 607 cm³/mol. The lowest BCUT2D eigenvalue weighted by Gasteiger charge is -2.32. The predicted octanol–water partition coefficient (Wildman–Crippen LogP) is 16.0. The maximum Gasteiger partial charge on any atom is 0.494 e. The van der Waals surface area contributed by atoms with Gasteiger partial charge in [0.2, 0.25) is 23.0 Å². The van der Waals surface area contributed by atoms with Crippen molar-refractivity contribution in [3.05, 3.63) is 229 Å². The first-order valence-electron chi connectivity index (χ1n) is 51.3. The zero-order valence-electron chi connectivity index (χ0n) is 88.4. The number of carbonyl (C=O) groups excluding carboxylic acids is 3. The number of H-pyrrole nitrogens is 2. The number of nitrogens with zero attached hydrogens (tertiary/aromatic N) is 17. The number of rotatable bonds is 15. The molecule has 2 amide bonds. The van der Waals surface area contributed by atoms with Gasteiger partial charge in [-0.3, -0.25) is 53.4 Å². The number of piperazine rings is 4. The smallest absolute Gasteiger partial charge is 0.480 e. The molecule has 33 nitrogen and oxygen atoms in total. The number of carboxylic acid groups (broad SMARTS) is 1. The van der Waals surface area contributed by atoms with Crippen LogP contribution in [0.15, 0.2) is 201 Å². The van der Waals surface area contributed by atoms with E-state index in [1.807, 2.05) is 161 Å². The lowest BCUT2D eigenvalue weighted by atomic mass is 9.49. The van der Waals surface area contributed by atoms with Gasteiger partial charge in [0.1, 0.15) is 11.6 Å². The van der Waals surface area contributed by atoms with Crippen molar-refractivity contribution in [2.24, 2.45) is 4.99 Å². The van der Waals surface area contributed by atoms with E-state index in [-0.39, 0.29) is 63.2 Å². The molecular weight excluding hydrogens is 2100 g/mol. The van der Waals surface area contributed by atoms with Gasteiger partial charge in [0.05, 0.1) is 83.6 Å². The Morgan fingerprint density at radius 2 is 0.933 bits per heavy atom. The van der Waals surface area contributed by atoms with Crippen LogP contribution < -0.4 is 31.2 Å². The molecule has 6 N–H and O–H groups in total. The minimum absolute atomic E-state index is 0.141. The second-order valence-electron chi connectivity index (χ2n) is 42.6. The molecule has 16 heterocycles. The molecule has 0 unspecified atom stereocenters. The van der Waals surface area contributed by atoms with Crippen LogP contribution in [0.3, 0.4) is 0 Å². The van der Waals surface area contributed by atoms with Crippen LogP contribution in [0.5, 0.6) is 0 Å². The summed E-state index contributed by atoms with van der Waals surface area (Å²) < 4.78 is 41.3. The van der Waals surface area contributed by atoms with Crippen molar-refractivity contribution in [2.75, 3.05) is 204 Å². The molecule has 7 fully saturated rings. The van der Waals surface area contributed by atoms with Crippen molar-refractivity contribution in [3.8, 4) is 11.4 Å². The third kappa shape index (κ3) is 28.8. The van der Waals surface area contributed by atoms with Gasteiger partial charge in [0.25, 0.3) is 0 Å². The van der Waals surface area contributed by atoms with Crippen molar-refractivity contribution >= 4 is 189 Å². The van der Waals surface area contributed by atoms with E-state index in [1.165, 1.54) is 45.3 Å². The standard InChI is InChI=1S/C26H28N8O.C21H32BN3O3.C15H18BrN3O.C12H24B2O4.C12H9ClN4.C8H8BrN.C8H6BrN.C7H14N2O2/c1-32-10-12-33(13-11-32)17-25(35)34-9-7-18-2-3-19(15-23(18)34)26-27-8-6-24(30-26)29-21-4-5-22-20(14-21)16-28-31-22;1-20(2)21(3,4)28-22(27-20)17-7-6-16-8-9-25(18(16)14-17)19(26)15-24-12-10-23(5)11-13-24;1-17-6-8-18(9-7-17)11-15(20)19-5-4-12-2-3-13(16)10-14(12)19;1-9(2)10(3,4)16-13(15-9)14-17-11(5,6)12(7,8)18-14;13-12-15-4-3-11(17-12)16-10-2-1-8-6-14-7-9(8)5-10;2*9-7-2-1-6-3-4-10-8(6)5-7;1-8-2-4-9(5-3-8)6-7(10)11/h2-6,8,14-16H,7,9-13,17H2,1H3,(H,28,31)(H,27,29,30);6-7,14H,8-13,15H2,1-5H3;2-5,10H,6-9,11H2,1H3;1-8H3;1-5,7H,6H2,(H,15,16,17);1-2,5,10H,3-4H2;1-5,10H;2-6H2,1H3,(H,10,11). The van der Waals surface area contributed by atoms with E-state index in [0.29, 0.717) is 37.1 Å². The number of nitrogens with one attached hydrogen (secondary N) is 5. The number of carbonyl (C=O) groups is 4. The highest BCUT2D eigenvalue weighted by molar-refractivity contribution is 9.11. The Kier molecular flexibility index (Phi) is 36.5. The van der Waals surface area contributed by atoms with E-state index in [0.717, 1.165) is 218 Å². The van der Waals surface area contributed by atoms with Crippen LogP contribution in [0.2, 0.25) is 5.28 Å². The van der Waals surface area contributed by atoms with Crippen molar-refractivity contribution in [3.63, 3.8) is 0 Å². The summed E-state index contributed by atoms with van der Waals surface area (Å²) in [5.74, 6) is 1.78. The third-order valence-corrected chi connectivity index (χ3v) is 31.7. The maximum atomic E-state index is 13.2.